The Morgan fingerprint density at radius 1 is 0.389 bits per heavy atom. The number of hydrogen-bond acceptors (Lipinski definition) is 4. The van der Waals surface area contributed by atoms with Gasteiger partial charge in [-0.25, -0.2) is 0 Å². The fourth-order valence-corrected chi connectivity index (χ4v) is 3.41. The first-order valence-electron chi connectivity index (χ1n) is 10.4. The largest absolute Gasteiger partial charge is 0.417 e. The van der Waals surface area contributed by atoms with Crippen molar-refractivity contribution in [1.82, 2.24) is 0 Å². The molecule has 0 heterocycles. The molecule has 0 amide bonds. The van der Waals surface area contributed by atoms with Crippen molar-refractivity contribution in [3.63, 3.8) is 0 Å². The van der Waals surface area contributed by atoms with E-state index in [9.17, 15) is 26.3 Å². The Kier molecular flexibility index (Phi) is 7.37. The smallest absolute Gasteiger partial charge is 0.399 e. The van der Waals surface area contributed by atoms with Gasteiger partial charge in [-0.05, 0) is 70.8 Å². The lowest BCUT2D eigenvalue weighted by molar-refractivity contribution is -0.139. The SMILES string of the molecule is Nc1ccc(-c2ccc(N)cc2)cc1.Nc1ccc(-c2ccc(N)cc2C(F)(F)F)c(C(F)(F)F)c1. The minimum Gasteiger partial charge on any atom is -0.399 e. The maximum atomic E-state index is 13.1. The molecule has 0 bridgehead atoms. The van der Waals surface area contributed by atoms with E-state index in [0.717, 1.165) is 46.8 Å². The molecule has 0 aliphatic carbocycles. The first kappa shape index (κ1) is 26.3. The highest BCUT2D eigenvalue weighted by atomic mass is 19.4. The highest BCUT2D eigenvalue weighted by Crippen LogP contribution is 2.43. The van der Waals surface area contributed by atoms with Gasteiger partial charge in [0.05, 0.1) is 11.1 Å². The van der Waals surface area contributed by atoms with E-state index in [2.05, 4.69) is 0 Å². The summed E-state index contributed by atoms with van der Waals surface area (Å²) in [6.45, 7) is 0. The summed E-state index contributed by atoms with van der Waals surface area (Å²) in [7, 11) is 0. The van der Waals surface area contributed by atoms with Gasteiger partial charge in [-0.1, -0.05) is 36.4 Å². The van der Waals surface area contributed by atoms with Gasteiger partial charge in [0.2, 0.25) is 0 Å². The van der Waals surface area contributed by atoms with Crippen LogP contribution in [0.15, 0.2) is 84.9 Å². The van der Waals surface area contributed by atoms with Crippen molar-refractivity contribution >= 4 is 22.7 Å². The van der Waals surface area contributed by atoms with E-state index in [-0.39, 0.29) is 11.4 Å². The molecule has 36 heavy (non-hydrogen) atoms. The molecule has 0 saturated carbocycles. The molecule has 4 aromatic rings. The molecule has 4 aromatic carbocycles. The summed E-state index contributed by atoms with van der Waals surface area (Å²) in [4.78, 5) is 0. The number of hydrogen-bond donors (Lipinski definition) is 4. The first-order valence-corrected chi connectivity index (χ1v) is 10.4. The average Bonchev–Trinajstić information content (AvgIpc) is 2.80. The van der Waals surface area contributed by atoms with Gasteiger partial charge in [-0.2, -0.15) is 26.3 Å². The van der Waals surface area contributed by atoms with Gasteiger partial charge in [0.25, 0.3) is 0 Å². The second kappa shape index (κ2) is 10.1. The lowest BCUT2D eigenvalue weighted by atomic mass is 9.94. The lowest BCUT2D eigenvalue weighted by Gasteiger charge is -2.18. The Bertz CT molecular complexity index is 1220. The molecule has 0 saturated heterocycles. The van der Waals surface area contributed by atoms with Crippen LogP contribution in [-0.4, -0.2) is 0 Å². The lowest BCUT2D eigenvalue weighted by Crippen LogP contribution is -2.12. The Morgan fingerprint density at radius 3 is 0.944 bits per heavy atom. The molecule has 0 aromatic heterocycles. The van der Waals surface area contributed by atoms with Crippen LogP contribution in [0.4, 0.5) is 49.1 Å². The highest BCUT2D eigenvalue weighted by molar-refractivity contribution is 5.75. The zero-order valence-electron chi connectivity index (χ0n) is 18.7. The molecule has 0 aliphatic rings. The molecule has 0 atom stereocenters. The predicted octanol–water partition coefficient (Wildman–Crippen LogP) is 7.07. The molecule has 0 unspecified atom stereocenters. The van der Waals surface area contributed by atoms with Gasteiger partial charge in [0.1, 0.15) is 0 Å². The van der Waals surface area contributed by atoms with Crippen molar-refractivity contribution in [3.8, 4) is 22.3 Å². The maximum absolute atomic E-state index is 13.1. The summed E-state index contributed by atoms with van der Waals surface area (Å²) in [5.74, 6) is 0. The van der Waals surface area contributed by atoms with Crippen LogP contribution < -0.4 is 22.9 Å². The standard InChI is InChI=1S/C14H10F6N2.C12H12N2/c15-13(16,17)11-5-7(21)1-3-9(11)10-4-2-8(22)6-12(10)14(18,19)20;13-11-5-1-9(2-6-11)10-3-7-12(14)8-4-10/h1-6H,21-22H2;1-8H,13-14H2. The van der Waals surface area contributed by atoms with Crippen LogP contribution in [0.25, 0.3) is 22.3 Å². The summed E-state index contributed by atoms with van der Waals surface area (Å²) in [5, 5.41) is 0. The fourth-order valence-electron chi connectivity index (χ4n) is 3.41. The van der Waals surface area contributed by atoms with E-state index in [0.29, 0.717) is 12.1 Å². The van der Waals surface area contributed by atoms with Crippen molar-refractivity contribution in [3.05, 3.63) is 96.1 Å². The first-order chi connectivity index (χ1) is 16.8. The topological polar surface area (TPSA) is 104 Å². The van der Waals surface area contributed by atoms with Crippen LogP contribution in [0.5, 0.6) is 0 Å². The molecule has 0 spiro atoms. The molecule has 10 heteroatoms. The second-order valence-corrected chi connectivity index (χ2v) is 7.85. The third-order valence-corrected chi connectivity index (χ3v) is 5.14. The van der Waals surface area contributed by atoms with E-state index in [4.69, 9.17) is 22.9 Å². The molecule has 4 rings (SSSR count). The van der Waals surface area contributed by atoms with Gasteiger partial charge in [0, 0.05) is 22.7 Å². The van der Waals surface area contributed by atoms with E-state index in [1.54, 1.807) is 0 Å². The van der Waals surface area contributed by atoms with Crippen molar-refractivity contribution < 1.29 is 26.3 Å². The summed E-state index contributed by atoms with van der Waals surface area (Å²) in [6, 6.07) is 20.8. The number of benzene rings is 4. The molecule has 8 N–H and O–H groups in total. The number of alkyl halides is 6. The van der Waals surface area contributed by atoms with E-state index >= 15 is 0 Å². The molecule has 0 fully saturated rings. The van der Waals surface area contributed by atoms with Gasteiger partial charge in [-0.15, -0.1) is 0 Å². The second-order valence-electron chi connectivity index (χ2n) is 7.85. The summed E-state index contributed by atoms with van der Waals surface area (Å²) >= 11 is 0. The van der Waals surface area contributed by atoms with Crippen LogP contribution >= 0.6 is 0 Å². The Morgan fingerprint density at radius 2 is 0.667 bits per heavy atom. The quantitative estimate of drug-likeness (QED) is 0.173. The highest BCUT2D eigenvalue weighted by Gasteiger charge is 2.38. The average molecular weight is 504 g/mol. The van der Waals surface area contributed by atoms with Crippen LogP contribution in [0.1, 0.15) is 11.1 Å². The van der Waals surface area contributed by atoms with Crippen molar-refractivity contribution in [2.24, 2.45) is 0 Å². The normalized spacial score (nSPS) is 11.5. The molecule has 188 valence electrons. The number of nitrogen functional groups attached to an aromatic ring is 4. The Hall–Kier alpha value is -4.34. The van der Waals surface area contributed by atoms with Gasteiger partial charge in [-0.3, -0.25) is 0 Å². The number of rotatable bonds is 2. The minimum absolute atomic E-state index is 0.194. The zero-order chi connectivity index (χ0) is 26.7. The third kappa shape index (κ3) is 6.41. The van der Waals surface area contributed by atoms with Crippen molar-refractivity contribution in [2.75, 3.05) is 22.9 Å². The third-order valence-electron chi connectivity index (χ3n) is 5.14. The van der Waals surface area contributed by atoms with Crippen LogP contribution in [0, 0.1) is 0 Å². The number of halogens is 6. The predicted molar refractivity (Wildman–Crippen MR) is 131 cm³/mol. The fraction of sp³-hybridized carbons (Fsp3) is 0.0769. The molecule has 0 radical (unpaired) electrons. The Balaban J connectivity index is 0.000000221. The Labute approximate surface area is 203 Å². The summed E-state index contributed by atoms with van der Waals surface area (Å²) < 4.78 is 78.4. The van der Waals surface area contributed by atoms with Crippen LogP contribution in [0.2, 0.25) is 0 Å². The molecular formula is C26H22F6N4. The summed E-state index contributed by atoms with van der Waals surface area (Å²) in [6.07, 6.45) is -9.68. The van der Waals surface area contributed by atoms with Gasteiger partial charge < -0.3 is 22.9 Å². The van der Waals surface area contributed by atoms with Crippen LogP contribution in [-0.2, 0) is 12.4 Å². The molecular weight excluding hydrogens is 482 g/mol. The van der Waals surface area contributed by atoms with E-state index < -0.39 is 34.6 Å². The van der Waals surface area contributed by atoms with Crippen LogP contribution in [0.3, 0.4) is 0 Å². The van der Waals surface area contributed by atoms with Gasteiger partial charge in [0.15, 0.2) is 0 Å². The maximum Gasteiger partial charge on any atom is 0.417 e. The minimum atomic E-state index is -4.84. The molecule has 4 nitrogen and oxygen atoms in total. The number of nitrogens with two attached hydrogens (primary N) is 4. The van der Waals surface area contributed by atoms with E-state index in [1.165, 1.54) is 0 Å². The van der Waals surface area contributed by atoms with Crippen molar-refractivity contribution in [1.29, 1.82) is 0 Å². The zero-order valence-corrected chi connectivity index (χ0v) is 18.7. The van der Waals surface area contributed by atoms with Crippen molar-refractivity contribution in [2.45, 2.75) is 12.4 Å². The summed E-state index contributed by atoms with van der Waals surface area (Å²) in [5.41, 5.74) is 21.6. The molecule has 0 aliphatic heterocycles. The van der Waals surface area contributed by atoms with Gasteiger partial charge >= 0.3 is 12.4 Å². The van der Waals surface area contributed by atoms with E-state index in [1.807, 2.05) is 48.5 Å². The monoisotopic (exact) mass is 504 g/mol. The number of anilines is 4.